The molecule has 0 saturated heterocycles. The number of allylic oxidation sites excluding steroid dienone is 1. The van der Waals surface area contributed by atoms with Crippen molar-refractivity contribution in [3.8, 4) is 0 Å². The predicted octanol–water partition coefficient (Wildman–Crippen LogP) is 2.82. The number of carbonyl (C=O) groups excluding carboxylic acids is 1. The zero-order valence-electron chi connectivity index (χ0n) is 13.3. The van der Waals surface area contributed by atoms with E-state index in [9.17, 15) is 4.79 Å². The van der Waals surface area contributed by atoms with Crippen molar-refractivity contribution in [2.45, 2.75) is 59.5 Å². The Morgan fingerprint density at radius 1 is 1.22 bits per heavy atom. The van der Waals surface area contributed by atoms with Gasteiger partial charge in [-0.05, 0) is 59.7 Å². The zero-order chi connectivity index (χ0) is 14.6. The maximum atomic E-state index is 11.6. The molecule has 3 heteroatoms. The Balaban J connectivity index is 4.57. The third-order valence-corrected chi connectivity index (χ3v) is 3.22. The van der Waals surface area contributed by atoms with E-state index in [-0.39, 0.29) is 22.9 Å². The first-order valence-corrected chi connectivity index (χ1v) is 6.63. The van der Waals surface area contributed by atoms with E-state index in [0.717, 1.165) is 6.42 Å². The van der Waals surface area contributed by atoms with Gasteiger partial charge in [-0.15, -0.1) is 0 Å². The van der Waals surface area contributed by atoms with Crippen LogP contribution in [-0.2, 0) is 4.79 Å². The van der Waals surface area contributed by atoms with Crippen LogP contribution in [0.15, 0.2) is 12.2 Å². The summed E-state index contributed by atoms with van der Waals surface area (Å²) >= 11 is 0. The minimum absolute atomic E-state index is 0.00207. The molecular formula is C15H30N2O. The Morgan fingerprint density at radius 2 is 1.72 bits per heavy atom. The molecule has 0 aliphatic carbocycles. The van der Waals surface area contributed by atoms with Crippen LogP contribution in [0.2, 0.25) is 0 Å². The standard InChI is InChI=1S/C15H30N2O/c1-12(2)16-13(18)9-10-14(3,4)11-15(5,6)17(7)8/h9-10,12H,11H2,1-8H3,(H,16,18)/b10-9+. The van der Waals surface area contributed by atoms with Gasteiger partial charge in [0.15, 0.2) is 0 Å². The molecule has 0 fully saturated rings. The molecule has 0 aliphatic rings. The van der Waals surface area contributed by atoms with Crippen LogP contribution in [0.3, 0.4) is 0 Å². The number of amides is 1. The molecule has 0 heterocycles. The quantitative estimate of drug-likeness (QED) is 0.739. The first-order valence-electron chi connectivity index (χ1n) is 6.63. The van der Waals surface area contributed by atoms with E-state index in [0.29, 0.717) is 0 Å². The van der Waals surface area contributed by atoms with Gasteiger partial charge in [0.2, 0.25) is 5.91 Å². The van der Waals surface area contributed by atoms with Crippen molar-refractivity contribution in [1.82, 2.24) is 10.2 Å². The van der Waals surface area contributed by atoms with Crippen molar-refractivity contribution < 1.29 is 4.79 Å². The Labute approximate surface area is 113 Å². The number of nitrogens with one attached hydrogen (secondary N) is 1. The molecule has 0 rings (SSSR count). The molecule has 1 amide bonds. The highest BCUT2D eigenvalue weighted by Gasteiger charge is 2.28. The highest BCUT2D eigenvalue weighted by atomic mass is 16.1. The van der Waals surface area contributed by atoms with Crippen LogP contribution < -0.4 is 5.32 Å². The van der Waals surface area contributed by atoms with Gasteiger partial charge in [0, 0.05) is 11.6 Å². The van der Waals surface area contributed by atoms with Crippen LogP contribution in [0.25, 0.3) is 0 Å². The van der Waals surface area contributed by atoms with E-state index in [1.54, 1.807) is 6.08 Å². The van der Waals surface area contributed by atoms with Crippen LogP contribution in [0.5, 0.6) is 0 Å². The van der Waals surface area contributed by atoms with Gasteiger partial charge in [-0.3, -0.25) is 4.79 Å². The van der Waals surface area contributed by atoms with Gasteiger partial charge in [-0.25, -0.2) is 0 Å². The minimum atomic E-state index is -0.0132. The lowest BCUT2D eigenvalue weighted by Gasteiger charge is -2.38. The molecule has 0 spiro atoms. The molecular weight excluding hydrogens is 224 g/mol. The van der Waals surface area contributed by atoms with Gasteiger partial charge in [-0.2, -0.15) is 0 Å². The van der Waals surface area contributed by atoms with E-state index < -0.39 is 0 Å². The Hall–Kier alpha value is -0.830. The van der Waals surface area contributed by atoms with Gasteiger partial charge in [-0.1, -0.05) is 19.9 Å². The first-order chi connectivity index (χ1) is 7.96. The highest BCUT2D eigenvalue weighted by molar-refractivity contribution is 5.87. The summed E-state index contributed by atoms with van der Waals surface area (Å²) in [7, 11) is 4.18. The van der Waals surface area contributed by atoms with Crippen LogP contribution in [0.4, 0.5) is 0 Å². The molecule has 0 aromatic rings. The molecule has 0 atom stereocenters. The number of hydrogen-bond donors (Lipinski definition) is 1. The summed E-state index contributed by atoms with van der Waals surface area (Å²) < 4.78 is 0. The summed E-state index contributed by atoms with van der Waals surface area (Å²) in [6, 6.07) is 0.184. The number of hydrogen-bond acceptors (Lipinski definition) is 2. The van der Waals surface area contributed by atoms with Gasteiger partial charge in [0.25, 0.3) is 0 Å². The van der Waals surface area contributed by atoms with Crippen molar-refractivity contribution in [2.24, 2.45) is 5.41 Å². The van der Waals surface area contributed by atoms with E-state index >= 15 is 0 Å². The number of carbonyl (C=O) groups is 1. The van der Waals surface area contributed by atoms with Crippen LogP contribution in [0, 0.1) is 5.41 Å². The van der Waals surface area contributed by atoms with Crippen molar-refractivity contribution in [2.75, 3.05) is 14.1 Å². The van der Waals surface area contributed by atoms with Crippen LogP contribution >= 0.6 is 0 Å². The second kappa shape index (κ2) is 6.37. The molecule has 0 radical (unpaired) electrons. The summed E-state index contributed by atoms with van der Waals surface area (Å²) in [5.74, 6) is -0.0132. The topological polar surface area (TPSA) is 32.3 Å². The Kier molecular flexibility index (Phi) is 6.08. The monoisotopic (exact) mass is 254 g/mol. The second-order valence-corrected chi connectivity index (χ2v) is 6.87. The summed E-state index contributed by atoms with van der Waals surface area (Å²) in [5.41, 5.74) is 0.116. The second-order valence-electron chi connectivity index (χ2n) is 6.87. The van der Waals surface area contributed by atoms with Crippen LogP contribution in [-0.4, -0.2) is 36.5 Å². The van der Waals surface area contributed by atoms with E-state index in [4.69, 9.17) is 0 Å². The normalized spacial score (nSPS) is 13.7. The SMILES string of the molecule is CC(C)NC(=O)/C=C/C(C)(C)CC(C)(C)N(C)C. The van der Waals surface area contributed by atoms with E-state index in [2.05, 4.69) is 52.0 Å². The average molecular weight is 254 g/mol. The summed E-state index contributed by atoms with van der Waals surface area (Å²) in [6.07, 6.45) is 4.67. The Bertz CT molecular complexity index is 302. The average Bonchev–Trinajstić information content (AvgIpc) is 2.12. The molecule has 0 aromatic carbocycles. The predicted molar refractivity (Wildman–Crippen MR) is 78.6 cm³/mol. The number of rotatable bonds is 6. The lowest BCUT2D eigenvalue weighted by Crippen LogP contribution is -2.41. The first kappa shape index (κ1) is 17.2. The molecule has 0 bridgehead atoms. The molecule has 0 aromatic heterocycles. The van der Waals surface area contributed by atoms with Crippen molar-refractivity contribution >= 4 is 5.91 Å². The van der Waals surface area contributed by atoms with Gasteiger partial charge >= 0.3 is 0 Å². The highest BCUT2D eigenvalue weighted by Crippen LogP contribution is 2.31. The maximum Gasteiger partial charge on any atom is 0.243 e. The van der Waals surface area contributed by atoms with Gasteiger partial charge < -0.3 is 10.2 Å². The fraction of sp³-hybridized carbons (Fsp3) is 0.800. The number of nitrogens with zero attached hydrogens (tertiary/aromatic N) is 1. The lowest BCUT2D eigenvalue weighted by atomic mass is 9.79. The molecule has 18 heavy (non-hydrogen) atoms. The molecule has 106 valence electrons. The van der Waals surface area contributed by atoms with Gasteiger partial charge in [0.05, 0.1) is 0 Å². The summed E-state index contributed by atoms with van der Waals surface area (Å²) in [5, 5.41) is 2.86. The molecule has 0 saturated carbocycles. The molecule has 1 N–H and O–H groups in total. The zero-order valence-corrected chi connectivity index (χ0v) is 13.3. The minimum Gasteiger partial charge on any atom is -0.350 e. The third kappa shape index (κ3) is 6.80. The van der Waals surface area contributed by atoms with E-state index in [1.807, 2.05) is 19.9 Å². The molecule has 0 unspecified atom stereocenters. The summed E-state index contributed by atoms with van der Waals surface area (Å²) in [6.45, 7) is 12.7. The van der Waals surface area contributed by atoms with Crippen molar-refractivity contribution in [3.05, 3.63) is 12.2 Å². The van der Waals surface area contributed by atoms with Crippen molar-refractivity contribution in [1.29, 1.82) is 0 Å². The molecule has 3 nitrogen and oxygen atoms in total. The van der Waals surface area contributed by atoms with E-state index in [1.165, 1.54) is 0 Å². The summed E-state index contributed by atoms with van der Waals surface area (Å²) in [4.78, 5) is 13.8. The smallest absolute Gasteiger partial charge is 0.243 e. The maximum absolute atomic E-state index is 11.6. The van der Waals surface area contributed by atoms with Gasteiger partial charge in [0.1, 0.15) is 0 Å². The largest absolute Gasteiger partial charge is 0.350 e. The Morgan fingerprint density at radius 3 is 2.11 bits per heavy atom. The third-order valence-electron chi connectivity index (χ3n) is 3.22. The molecule has 0 aliphatic heterocycles. The fourth-order valence-corrected chi connectivity index (χ4v) is 1.97. The van der Waals surface area contributed by atoms with Crippen molar-refractivity contribution in [3.63, 3.8) is 0 Å². The van der Waals surface area contributed by atoms with Crippen LogP contribution in [0.1, 0.15) is 48.0 Å². The lowest BCUT2D eigenvalue weighted by molar-refractivity contribution is -0.117. The fourth-order valence-electron chi connectivity index (χ4n) is 1.97.